The summed E-state index contributed by atoms with van der Waals surface area (Å²) < 4.78 is 5.22. The summed E-state index contributed by atoms with van der Waals surface area (Å²) in [4.78, 5) is 22.4. The van der Waals surface area contributed by atoms with E-state index in [-0.39, 0.29) is 12.6 Å². The van der Waals surface area contributed by atoms with Crippen LogP contribution in [0.25, 0.3) is 11.6 Å². The maximum Gasteiger partial charge on any atom is 0.315 e. The normalized spacial score (nSPS) is 10.5. The number of H-pyrrole nitrogens is 1. The highest BCUT2D eigenvalue weighted by Gasteiger charge is 2.10. The first-order valence-corrected chi connectivity index (χ1v) is 7.71. The predicted octanol–water partition coefficient (Wildman–Crippen LogP) is 1.53. The second kappa shape index (κ2) is 7.47. The third kappa shape index (κ3) is 4.14. The Morgan fingerprint density at radius 3 is 2.84 bits per heavy atom. The van der Waals surface area contributed by atoms with Gasteiger partial charge in [-0.15, -0.1) is 5.10 Å². The van der Waals surface area contributed by atoms with Crippen LogP contribution in [-0.4, -0.2) is 40.3 Å². The third-order valence-electron chi connectivity index (χ3n) is 3.42. The molecule has 0 radical (unpaired) electrons. The van der Waals surface area contributed by atoms with Gasteiger partial charge < -0.3 is 20.0 Å². The first kappa shape index (κ1) is 16.5. The van der Waals surface area contributed by atoms with Gasteiger partial charge in [0.2, 0.25) is 5.82 Å². The van der Waals surface area contributed by atoms with Gasteiger partial charge in [-0.05, 0) is 18.2 Å². The summed E-state index contributed by atoms with van der Waals surface area (Å²) >= 11 is 0. The van der Waals surface area contributed by atoms with Crippen molar-refractivity contribution in [3.63, 3.8) is 0 Å². The lowest BCUT2D eigenvalue weighted by Gasteiger charge is -2.16. The minimum absolute atomic E-state index is 0.229. The van der Waals surface area contributed by atoms with Crippen LogP contribution in [0.5, 0.6) is 0 Å². The van der Waals surface area contributed by atoms with E-state index in [1.165, 1.54) is 0 Å². The SMILES string of the molecule is CN(C)c1ncccc1CNC(=O)NCc1nc(-c2ccco2)n[nH]1. The number of aromatic amines is 1. The highest BCUT2D eigenvalue weighted by atomic mass is 16.3. The fraction of sp³-hybridized carbons (Fsp3) is 0.250. The number of carbonyl (C=O) groups excluding carboxylic acids is 1. The van der Waals surface area contributed by atoms with Crippen molar-refractivity contribution in [1.29, 1.82) is 0 Å². The smallest absolute Gasteiger partial charge is 0.315 e. The molecule has 0 saturated carbocycles. The van der Waals surface area contributed by atoms with Gasteiger partial charge in [0.1, 0.15) is 11.6 Å². The van der Waals surface area contributed by atoms with Crippen LogP contribution < -0.4 is 15.5 Å². The standard InChI is InChI=1S/C16H19N7O2/c1-23(2)15-11(5-3-7-17-15)9-18-16(24)19-10-13-20-14(22-21-13)12-6-4-8-25-12/h3-8H,9-10H2,1-2H3,(H2,18,19,24)(H,20,21,22). The lowest BCUT2D eigenvalue weighted by molar-refractivity contribution is 0.240. The molecule has 3 N–H and O–H groups in total. The van der Waals surface area contributed by atoms with E-state index in [2.05, 4.69) is 30.8 Å². The molecule has 9 heteroatoms. The van der Waals surface area contributed by atoms with Crippen molar-refractivity contribution in [3.05, 3.63) is 48.1 Å². The summed E-state index contributed by atoms with van der Waals surface area (Å²) in [6.45, 7) is 0.606. The lowest BCUT2D eigenvalue weighted by atomic mass is 10.2. The van der Waals surface area contributed by atoms with Gasteiger partial charge in [-0.25, -0.2) is 14.8 Å². The molecule has 0 saturated heterocycles. The number of carbonyl (C=O) groups is 1. The molecule has 0 unspecified atom stereocenters. The van der Waals surface area contributed by atoms with Crippen molar-refractivity contribution in [2.45, 2.75) is 13.1 Å². The number of amides is 2. The van der Waals surface area contributed by atoms with Crippen LogP contribution in [0.4, 0.5) is 10.6 Å². The van der Waals surface area contributed by atoms with Crippen molar-refractivity contribution in [2.75, 3.05) is 19.0 Å². The summed E-state index contributed by atoms with van der Waals surface area (Å²) in [5.74, 6) is 2.38. The number of hydrogen-bond donors (Lipinski definition) is 3. The van der Waals surface area contributed by atoms with E-state index >= 15 is 0 Å². The average Bonchev–Trinajstić information content (AvgIpc) is 3.29. The molecule has 0 aliphatic carbocycles. The van der Waals surface area contributed by atoms with Gasteiger partial charge in [-0.3, -0.25) is 5.10 Å². The van der Waals surface area contributed by atoms with Crippen molar-refractivity contribution in [1.82, 2.24) is 30.8 Å². The molecule has 0 fully saturated rings. The third-order valence-corrected chi connectivity index (χ3v) is 3.42. The number of urea groups is 1. The lowest BCUT2D eigenvalue weighted by Crippen LogP contribution is -2.35. The van der Waals surface area contributed by atoms with Gasteiger partial charge in [0.25, 0.3) is 0 Å². The summed E-state index contributed by atoms with van der Waals surface area (Å²) in [5.41, 5.74) is 0.933. The van der Waals surface area contributed by atoms with Gasteiger partial charge in [0.15, 0.2) is 5.76 Å². The molecule has 0 bridgehead atoms. The second-order valence-electron chi connectivity index (χ2n) is 5.50. The van der Waals surface area contributed by atoms with Gasteiger partial charge in [0.05, 0.1) is 12.8 Å². The zero-order valence-electron chi connectivity index (χ0n) is 14.0. The highest BCUT2D eigenvalue weighted by molar-refractivity contribution is 5.74. The number of aromatic nitrogens is 4. The molecule has 3 aromatic rings. The minimum atomic E-state index is -0.301. The first-order valence-electron chi connectivity index (χ1n) is 7.71. The van der Waals surface area contributed by atoms with Crippen molar-refractivity contribution >= 4 is 11.8 Å². The van der Waals surface area contributed by atoms with Crippen LogP contribution in [-0.2, 0) is 13.1 Å². The van der Waals surface area contributed by atoms with Crippen molar-refractivity contribution < 1.29 is 9.21 Å². The van der Waals surface area contributed by atoms with Gasteiger partial charge in [-0.1, -0.05) is 6.07 Å². The summed E-state index contributed by atoms with van der Waals surface area (Å²) in [5, 5.41) is 12.3. The van der Waals surface area contributed by atoms with Gasteiger partial charge >= 0.3 is 6.03 Å². The molecule has 0 aliphatic heterocycles. The Hall–Kier alpha value is -3.36. The van der Waals surface area contributed by atoms with Crippen molar-refractivity contribution in [3.8, 4) is 11.6 Å². The first-order chi connectivity index (χ1) is 12.1. The molecule has 0 spiro atoms. The van der Waals surface area contributed by atoms with E-state index in [1.807, 2.05) is 31.1 Å². The van der Waals surface area contributed by atoms with Crippen LogP contribution in [0.1, 0.15) is 11.4 Å². The van der Waals surface area contributed by atoms with Crippen LogP contribution in [0, 0.1) is 0 Å². The minimum Gasteiger partial charge on any atom is -0.461 e. The molecule has 2 amide bonds. The zero-order chi connectivity index (χ0) is 17.6. The largest absolute Gasteiger partial charge is 0.461 e. The molecule has 3 rings (SSSR count). The Bertz CT molecular complexity index is 827. The number of anilines is 1. The van der Waals surface area contributed by atoms with E-state index < -0.39 is 0 Å². The summed E-state index contributed by atoms with van der Waals surface area (Å²) in [6, 6.07) is 6.99. The van der Waals surface area contributed by atoms with E-state index in [4.69, 9.17) is 4.42 Å². The van der Waals surface area contributed by atoms with Crippen LogP contribution in [0.3, 0.4) is 0 Å². The number of furan rings is 1. The van der Waals surface area contributed by atoms with Crippen LogP contribution in [0.15, 0.2) is 41.1 Å². The van der Waals surface area contributed by atoms with Gasteiger partial charge in [0, 0.05) is 32.4 Å². The summed E-state index contributed by atoms with van der Waals surface area (Å²) in [6.07, 6.45) is 3.27. The summed E-state index contributed by atoms with van der Waals surface area (Å²) in [7, 11) is 3.82. The van der Waals surface area contributed by atoms with Crippen LogP contribution >= 0.6 is 0 Å². The molecule has 3 heterocycles. The van der Waals surface area contributed by atoms with E-state index in [1.54, 1.807) is 24.6 Å². The predicted molar refractivity (Wildman–Crippen MR) is 91.7 cm³/mol. The number of rotatable bonds is 6. The molecule has 0 atom stereocenters. The molecule has 0 aliphatic rings. The van der Waals surface area contributed by atoms with Gasteiger partial charge in [-0.2, -0.15) is 0 Å². The number of hydrogen-bond acceptors (Lipinski definition) is 6. The Balaban J connectivity index is 1.50. The quantitative estimate of drug-likeness (QED) is 0.627. The Labute approximate surface area is 144 Å². The van der Waals surface area contributed by atoms with E-state index in [0.29, 0.717) is 24.0 Å². The highest BCUT2D eigenvalue weighted by Crippen LogP contribution is 2.15. The molecular formula is C16H19N7O2. The Morgan fingerprint density at radius 1 is 1.24 bits per heavy atom. The monoisotopic (exact) mass is 341 g/mol. The molecule has 130 valence electrons. The molecule has 3 aromatic heterocycles. The Morgan fingerprint density at radius 2 is 2.08 bits per heavy atom. The fourth-order valence-corrected chi connectivity index (χ4v) is 2.26. The van der Waals surface area contributed by atoms with E-state index in [9.17, 15) is 4.79 Å². The topological polar surface area (TPSA) is 112 Å². The van der Waals surface area contributed by atoms with Crippen LogP contribution in [0.2, 0.25) is 0 Å². The average molecular weight is 341 g/mol. The maximum absolute atomic E-state index is 12.0. The van der Waals surface area contributed by atoms with Crippen molar-refractivity contribution in [2.24, 2.45) is 0 Å². The molecule has 25 heavy (non-hydrogen) atoms. The zero-order valence-corrected chi connectivity index (χ0v) is 14.0. The fourth-order valence-electron chi connectivity index (χ4n) is 2.26. The molecule has 9 nitrogen and oxygen atoms in total. The molecular weight excluding hydrogens is 322 g/mol. The number of nitrogens with zero attached hydrogens (tertiary/aromatic N) is 4. The Kier molecular flexibility index (Phi) is 4.93. The molecule has 0 aromatic carbocycles. The van der Waals surface area contributed by atoms with E-state index in [0.717, 1.165) is 11.4 Å². The number of nitrogens with one attached hydrogen (secondary N) is 3. The second-order valence-corrected chi connectivity index (χ2v) is 5.50. The number of pyridine rings is 1. The maximum atomic E-state index is 12.0.